The van der Waals surface area contributed by atoms with Crippen LogP contribution in [0.4, 0.5) is 4.39 Å². The molecule has 1 aliphatic carbocycles. The number of benzene rings is 1. The summed E-state index contributed by atoms with van der Waals surface area (Å²) >= 11 is 0. The van der Waals surface area contributed by atoms with Gasteiger partial charge in [0.15, 0.2) is 18.2 Å². The molecule has 18 heavy (non-hydrogen) atoms. The largest absolute Gasteiger partial charge is 0.482 e. The zero-order chi connectivity index (χ0) is 12.5. The summed E-state index contributed by atoms with van der Waals surface area (Å²) < 4.78 is 24.1. The SMILES string of the molecule is Cc1cccc(OCc2noc(C3CC3)n2)c1F. The normalized spacial score (nSPS) is 14.8. The molecule has 0 bridgehead atoms. The van der Waals surface area contributed by atoms with Crippen molar-refractivity contribution in [1.29, 1.82) is 0 Å². The summed E-state index contributed by atoms with van der Waals surface area (Å²) in [6.45, 7) is 1.82. The first-order chi connectivity index (χ1) is 8.74. The molecule has 1 heterocycles. The summed E-state index contributed by atoms with van der Waals surface area (Å²) in [6, 6.07) is 5.03. The van der Waals surface area contributed by atoms with Crippen LogP contribution >= 0.6 is 0 Å². The Morgan fingerprint density at radius 2 is 2.28 bits per heavy atom. The second kappa shape index (κ2) is 4.40. The van der Waals surface area contributed by atoms with Crippen molar-refractivity contribution in [2.75, 3.05) is 0 Å². The Morgan fingerprint density at radius 3 is 3.06 bits per heavy atom. The smallest absolute Gasteiger partial charge is 0.229 e. The zero-order valence-electron chi connectivity index (χ0n) is 10.0. The number of hydrogen-bond donors (Lipinski definition) is 0. The van der Waals surface area contributed by atoms with Gasteiger partial charge in [-0.3, -0.25) is 0 Å². The molecule has 1 fully saturated rings. The molecule has 1 aliphatic rings. The topological polar surface area (TPSA) is 48.2 Å². The first kappa shape index (κ1) is 11.2. The van der Waals surface area contributed by atoms with Crippen molar-refractivity contribution in [3.8, 4) is 5.75 Å². The number of ether oxygens (including phenoxy) is 1. The van der Waals surface area contributed by atoms with Crippen molar-refractivity contribution in [1.82, 2.24) is 10.1 Å². The highest BCUT2D eigenvalue weighted by Crippen LogP contribution is 2.38. The molecular formula is C13H13FN2O2. The van der Waals surface area contributed by atoms with Crippen LogP contribution < -0.4 is 4.74 Å². The first-order valence-corrected chi connectivity index (χ1v) is 5.94. The fraction of sp³-hybridized carbons (Fsp3) is 0.385. The van der Waals surface area contributed by atoms with Crippen LogP contribution in [0.15, 0.2) is 22.7 Å². The second-order valence-corrected chi connectivity index (χ2v) is 4.50. The van der Waals surface area contributed by atoms with Gasteiger partial charge in [0.05, 0.1) is 0 Å². The summed E-state index contributed by atoms with van der Waals surface area (Å²) in [7, 11) is 0. The number of rotatable bonds is 4. The fourth-order valence-electron chi connectivity index (χ4n) is 1.70. The van der Waals surface area contributed by atoms with E-state index in [1.807, 2.05) is 0 Å². The van der Waals surface area contributed by atoms with Crippen molar-refractivity contribution in [3.05, 3.63) is 41.3 Å². The highest BCUT2D eigenvalue weighted by atomic mass is 19.1. The lowest BCUT2D eigenvalue weighted by Gasteiger charge is -2.05. The molecule has 0 amide bonds. The van der Waals surface area contributed by atoms with Gasteiger partial charge in [-0.2, -0.15) is 4.98 Å². The number of halogens is 1. The lowest BCUT2D eigenvalue weighted by Crippen LogP contribution is -2.00. The molecule has 0 saturated heterocycles. The van der Waals surface area contributed by atoms with Crippen molar-refractivity contribution in [3.63, 3.8) is 0 Å². The lowest BCUT2D eigenvalue weighted by atomic mass is 10.2. The summed E-state index contributed by atoms with van der Waals surface area (Å²) in [5.41, 5.74) is 0.555. The molecule has 3 rings (SSSR count). The summed E-state index contributed by atoms with van der Waals surface area (Å²) in [6.07, 6.45) is 2.21. The maximum atomic E-state index is 13.7. The van der Waals surface area contributed by atoms with Crippen molar-refractivity contribution in [2.24, 2.45) is 0 Å². The van der Waals surface area contributed by atoms with Gasteiger partial charge in [-0.05, 0) is 31.4 Å². The van der Waals surface area contributed by atoms with Crippen molar-refractivity contribution in [2.45, 2.75) is 32.3 Å². The predicted octanol–water partition coefficient (Wildman–Crippen LogP) is 2.97. The maximum Gasteiger partial charge on any atom is 0.229 e. The number of aryl methyl sites for hydroxylation is 1. The molecule has 1 saturated carbocycles. The molecule has 4 nitrogen and oxygen atoms in total. The van der Waals surface area contributed by atoms with Crippen LogP contribution in [0, 0.1) is 12.7 Å². The van der Waals surface area contributed by atoms with Gasteiger partial charge in [0, 0.05) is 5.92 Å². The molecule has 0 aliphatic heterocycles. The van der Waals surface area contributed by atoms with E-state index in [9.17, 15) is 4.39 Å². The Labute approximate surface area is 104 Å². The molecule has 0 spiro atoms. The van der Waals surface area contributed by atoms with Crippen LogP contribution in [0.3, 0.4) is 0 Å². The van der Waals surface area contributed by atoms with E-state index >= 15 is 0 Å². The van der Waals surface area contributed by atoms with Gasteiger partial charge in [-0.15, -0.1) is 0 Å². The van der Waals surface area contributed by atoms with Crippen LogP contribution in [-0.4, -0.2) is 10.1 Å². The average molecular weight is 248 g/mol. The third-order valence-electron chi connectivity index (χ3n) is 2.92. The van der Waals surface area contributed by atoms with Crippen LogP contribution in [0.25, 0.3) is 0 Å². The summed E-state index contributed by atoms with van der Waals surface area (Å²) in [5.74, 6) is 1.41. The van der Waals surface area contributed by atoms with Crippen LogP contribution in [0.1, 0.15) is 36.0 Å². The Balaban J connectivity index is 1.67. The highest BCUT2D eigenvalue weighted by Gasteiger charge is 2.29. The van der Waals surface area contributed by atoms with E-state index in [-0.39, 0.29) is 18.2 Å². The lowest BCUT2D eigenvalue weighted by molar-refractivity contribution is 0.272. The van der Waals surface area contributed by atoms with Gasteiger partial charge in [0.1, 0.15) is 0 Å². The Kier molecular flexibility index (Phi) is 2.74. The fourth-order valence-corrected chi connectivity index (χ4v) is 1.70. The van der Waals surface area contributed by atoms with Gasteiger partial charge in [0.25, 0.3) is 0 Å². The molecule has 2 aromatic rings. The predicted molar refractivity (Wildman–Crippen MR) is 61.7 cm³/mol. The van der Waals surface area contributed by atoms with Crippen LogP contribution in [0.5, 0.6) is 5.75 Å². The molecule has 0 unspecified atom stereocenters. The second-order valence-electron chi connectivity index (χ2n) is 4.50. The maximum absolute atomic E-state index is 13.7. The van der Waals surface area contributed by atoms with E-state index in [0.717, 1.165) is 12.8 Å². The van der Waals surface area contributed by atoms with E-state index in [1.54, 1.807) is 25.1 Å². The minimum absolute atomic E-state index is 0.122. The Bertz CT molecular complexity index is 564. The Hall–Kier alpha value is -1.91. The quantitative estimate of drug-likeness (QED) is 0.834. The van der Waals surface area contributed by atoms with Gasteiger partial charge in [-0.25, -0.2) is 4.39 Å². The molecule has 0 atom stereocenters. The van der Waals surface area contributed by atoms with Gasteiger partial charge >= 0.3 is 0 Å². The van der Waals surface area contributed by atoms with E-state index in [4.69, 9.17) is 9.26 Å². The number of nitrogens with zero attached hydrogens (tertiary/aromatic N) is 2. The average Bonchev–Trinajstić information content (AvgIpc) is 3.11. The zero-order valence-corrected chi connectivity index (χ0v) is 10.0. The van der Waals surface area contributed by atoms with Crippen LogP contribution in [-0.2, 0) is 6.61 Å². The number of hydrogen-bond acceptors (Lipinski definition) is 4. The minimum Gasteiger partial charge on any atom is -0.482 e. The standard InChI is InChI=1S/C13H13FN2O2/c1-8-3-2-4-10(12(8)14)17-7-11-15-13(18-16-11)9-5-6-9/h2-4,9H,5-7H2,1H3. The van der Waals surface area contributed by atoms with E-state index < -0.39 is 0 Å². The molecule has 5 heteroatoms. The molecule has 1 aromatic heterocycles. The van der Waals surface area contributed by atoms with Gasteiger partial charge < -0.3 is 9.26 Å². The minimum atomic E-state index is -0.344. The van der Waals surface area contributed by atoms with Crippen molar-refractivity contribution < 1.29 is 13.7 Å². The van der Waals surface area contributed by atoms with Gasteiger partial charge in [-0.1, -0.05) is 17.3 Å². The molecular weight excluding hydrogens is 235 g/mol. The molecule has 94 valence electrons. The van der Waals surface area contributed by atoms with Gasteiger partial charge in [0.2, 0.25) is 11.7 Å². The first-order valence-electron chi connectivity index (χ1n) is 5.94. The van der Waals surface area contributed by atoms with Crippen molar-refractivity contribution >= 4 is 0 Å². The summed E-state index contributed by atoms with van der Waals surface area (Å²) in [4.78, 5) is 4.21. The monoisotopic (exact) mass is 248 g/mol. The Morgan fingerprint density at radius 1 is 1.44 bits per heavy atom. The van der Waals surface area contributed by atoms with E-state index in [1.165, 1.54) is 0 Å². The van der Waals surface area contributed by atoms with E-state index in [0.29, 0.717) is 23.2 Å². The third-order valence-corrected chi connectivity index (χ3v) is 2.92. The molecule has 1 aromatic carbocycles. The van der Waals surface area contributed by atoms with Crippen LogP contribution in [0.2, 0.25) is 0 Å². The third kappa shape index (κ3) is 2.20. The molecule has 0 N–H and O–H groups in total. The highest BCUT2D eigenvalue weighted by molar-refractivity contribution is 5.30. The number of aromatic nitrogens is 2. The van der Waals surface area contributed by atoms with E-state index in [2.05, 4.69) is 10.1 Å². The summed E-state index contributed by atoms with van der Waals surface area (Å²) in [5, 5.41) is 3.81. The molecule has 0 radical (unpaired) electrons.